The molecule has 2 N–H and O–H groups in total. The molecule has 1 aromatic rings. The molecule has 1 aromatic carbocycles. The fourth-order valence-electron chi connectivity index (χ4n) is 1.53. The predicted octanol–water partition coefficient (Wildman–Crippen LogP) is 3.84. The van der Waals surface area contributed by atoms with Crippen LogP contribution in [0.25, 0.3) is 6.08 Å². The minimum Gasteiger partial charge on any atom is -0.327 e. The van der Waals surface area contributed by atoms with Crippen LogP contribution in [-0.2, 0) is 6.18 Å². The molecule has 100 valence electrons. The van der Waals surface area contributed by atoms with Gasteiger partial charge in [-0.1, -0.05) is 31.6 Å². The highest BCUT2D eigenvalue weighted by Gasteiger charge is 2.34. The second-order valence-corrected chi connectivity index (χ2v) is 4.32. The maximum absolute atomic E-state index is 13.1. The Morgan fingerprint density at radius 3 is 2.39 bits per heavy atom. The molecule has 1 nitrogen and oxygen atoms in total. The van der Waals surface area contributed by atoms with Crippen LogP contribution in [0.1, 0.15) is 25.0 Å². The smallest absolute Gasteiger partial charge is 0.327 e. The zero-order chi connectivity index (χ0) is 13.9. The van der Waals surface area contributed by atoms with Crippen LogP contribution in [0.5, 0.6) is 0 Å². The molecule has 0 radical (unpaired) electrons. The van der Waals surface area contributed by atoms with Crippen molar-refractivity contribution in [3.8, 4) is 0 Å². The summed E-state index contributed by atoms with van der Waals surface area (Å²) < 4.78 is 50.6. The zero-order valence-electron chi connectivity index (χ0n) is 10.2. The average molecular weight is 261 g/mol. The van der Waals surface area contributed by atoms with E-state index in [0.29, 0.717) is 5.56 Å². The van der Waals surface area contributed by atoms with Gasteiger partial charge in [0.2, 0.25) is 0 Å². The van der Waals surface area contributed by atoms with Gasteiger partial charge in [0, 0.05) is 6.54 Å². The van der Waals surface area contributed by atoms with E-state index < -0.39 is 17.6 Å². The maximum atomic E-state index is 13.1. The highest BCUT2D eigenvalue weighted by atomic mass is 19.4. The van der Waals surface area contributed by atoms with Crippen LogP contribution < -0.4 is 5.73 Å². The molecule has 1 rings (SSSR count). The number of hydrogen-bond donors (Lipinski definition) is 1. The number of rotatable bonds is 3. The van der Waals surface area contributed by atoms with Crippen LogP contribution in [0.2, 0.25) is 0 Å². The minimum atomic E-state index is -4.69. The van der Waals surface area contributed by atoms with Gasteiger partial charge < -0.3 is 5.73 Å². The van der Waals surface area contributed by atoms with Crippen molar-refractivity contribution in [3.63, 3.8) is 0 Å². The molecule has 0 aliphatic carbocycles. The molecule has 0 heterocycles. The van der Waals surface area contributed by atoms with Crippen molar-refractivity contribution in [2.45, 2.75) is 20.0 Å². The van der Waals surface area contributed by atoms with E-state index in [1.165, 1.54) is 6.07 Å². The van der Waals surface area contributed by atoms with Crippen LogP contribution in [0, 0.1) is 11.7 Å². The molecular weight excluding hydrogens is 246 g/mol. The molecular formula is C13H15F4N. The molecule has 0 fully saturated rings. The van der Waals surface area contributed by atoms with Gasteiger partial charge in [-0.25, -0.2) is 4.39 Å². The van der Waals surface area contributed by atoms with Crippen LogP contribution in [-0.4, -0.2) is 6.54 Å². The van der Waals surface area contributed by atoms with E-state index in [1.807, 2.05) is 13.8 Å². The van der Waals surface area contributed by atoms with Crippen LogP contribution >= 0.6 is 0 Å². The second-order valence-electron chi connectivity index (χ2n) is 4.32. The molecule has 0 spiro atoms. The number of benzene rings is 1. The lowest BCUT2D eigenvalue weighted by Crippen LogP contribution is -2.10. The molecule has 0 aliphatic heterocycles. The number of hydrogen-bond acceptors (Lipinski definition) is 1. The Morgan fingerprint density at radius 1 is 1.33 bits per heavy atom. The van der Waals surface area contributed by atoms with Crippen molar-refractivity contribution in [2.75, 3.05) is 6.54 Å². The normalized spacial score (nSPS) is 13.2. The summed E-state index contributed by atoms with van der Waals surface area (Å²) >= 11 is 0. The third-order valence-electron chi connectivity index (χ3n) is 2.63. The minimum absolute atomic E-state index is 0.134. The van der Waals surface area contributed by atoms with Gasteiger partial charge in [0.15, 0.2) is 0 Å². The summed E-state index contributed by atoms with van der Waals surface area (Å²) in [6.07, 6.45) is -3.12. The van der Waals surface area contributed by atoms with Gasteiger partial charge in [0.1, 0.15) is 5.82 Å². The van der Waals surface area contributed by atoms with Crippen molar-refractivity contribution >= 4 is 6.08 Å². The molecule has 0 unspecified atom stereocenters. The Morgan fingerprint density at radius 2 is 1.94 bits per heavy atom. The van der Waals surface area contributed by atoms with Crippen molar-refractivity contribution in [2.24, 2.45) is 11.7 Å². The first-order valence-electron chi connectivity index (χ1n) is 5.53. The van der Waals surface area contributed by atoms with Crippen molar-refractivity contribution in [1.82, 2.24) is 0 Å². The topological polar surface area (TPSA) is 26.0 Å². The third-order valence-corrected chi connectivity index (χ3v) is 2.63. The Hall–Kier alpha value is -1.36. The van der Waals surface area contributed by atoms with E-state index in [2.05, 4.69) is 0 Å². The lowest BCUT2D eigenvalue weighted by Gasteiger charge is -2.11. The van der Waals surface area contributed by atoms with Crippen LogP contribution in [0.3, 0.4) is 0 Å². The molecule has 0 saturated heterocycles. The fraction of sp³-hybridized carbons (Fsp3) is 0.385. The molecule has 0 aliphatic rings. The quantitative estimate of drug-likeness (QED) is 0.822. The Kier molecular flexibility index (Phi) is 4.51. The number of nitrogens with two attached hydrogens (primary N) is 1. The van der Waals surface area contributed by atoms with Crippen LogP contribution in [0.15, 0.2) is 23.8 Å². The summed E-state index contributed by atoms with van der Waals surface area (Å²) in [5, 5.41) is 0. The van der Waals surface area contributed by atoms with Crippen molar-refractivity contribution < 1.29 is 17.6 Å². The first-order valence-corrected chi connectivity index (χ1v) is 5.53. The van der Waals surface area contributed by atoms with Crippen molar-refractivity contribution in [3.05, 3.63) is 40.7 Å². The van der Waals surface area contributed by atoms with Gasteiger partial charge in [-0.3, -0.25) is 0 Å². The molecule has 5 heteroatoms. The summed E-state index contributed by atoms with van der Waals surface area (Å²) in [7, 11) is 0. The van der Waals surface area contributed by atoms with Gasteiger partial charge in [-0.2, -0.15) is 13.2 Å². The maximum Gasteiger partial charge on any atom is 0.419 e. The second kappa shape index (κ2) is 5.52. The number of alkyl halides is 3. The van der Waals surface area contributed by atoms with Gasteiger partial charge in [-0.15, -0.1) is 0 Å². The molecule has 0 bridgehead atoms. The van der Waals surface area contributed by atoms with Gasteiger partial charge in [0.05, 0.1) is 5.56 Å². The van der Waals surface area contributed by atoms with Gasteiger partial charge in [0.25, 0.3) is 0 Å². The first kappa shape index (κ1) is 14.7. The van der Waals surface area contributed by atoms with Gasteiger partial charge in [-0.05, 0) is 23.6 Å². The highest BCUT2D eigenvalue weighted by molar-refractivity contribution is 5.55. The Balaban J connectivity index is 3.21. The van der Waals surface area contributed by atoms with Crippen LogP contribution in [0.4, 0.5) is 17.6 Å². The molecule has 0 aromatic heterocycles. The summed E-state index contributed by atoms with van der Waals surface area (Å²) in [6, 6.07) is 2.93. The zero-order valence-corrected chi connectivity index (χ0v) is 10.2. The summed E-state index contributed by atoms with van der Waals surface area (Å²) in [5.74, 6) is -1.13. The lowest BCUT2D eigenvalue weighted by molar-refractivity contribution is -0.140. The van der Waals surface area contributed by atoms with E-state index >= 15 is 0 Å². The standard InChI is InChI=1S/C13H15F4N/c1-8(2)10(7-18)5-9-3-4-12(14)11(6-9)13(15,16)17/h3-6,8H,7,18H2,1-2H3/b10-5+. The van der Waals surface area contributed by atoms with E-state index in [1.54, 1.807) is 6.08 Å². The fourth-order valence-corrected chi connectivity index (χ4v) is 1.53. The molecule has 0 atom stereocenters. The number of halogens is 4. The Labute approximate surface area is 103 Å². The van der Waals surface area contributed by atoms with E-state index in [4.69, 9.17) is 5.73 Å². The summed E-state index contributed by atoms with van der Waals surface area (Å²) in [6.45, 7) is 4.05. The predicted molar refractivity (Wildman–Crippen MR) is 63.3 cm³/mol. The summed E-state index contributed by atoms with van der Waals surface area (Å²) in [5.41, 5.74) is 5.38. The van der Waals surface area contributed by atoms with Crippen molar-refractivity contribution in [1.29, 1.82) is 0 Å². The van der Waals surface area contributed by atoms with E-state index in [-0.39, 0.29) is 12.5 Å². The average Bonchev–Trinajstić information content (AvgIpc) is 2.25. The third kappa shape index (κ3) is 3.57. The van der Waals surface area contributed by atoms with Gasteiger partial charge >= 0.3 is 6.18 Å². The molecule has 0 amide bonds. The Bertz CT molecular complexity index is 447. The van der Waals surface area contributed by atoms with E-state index in [9.17, 15) is 17.6 Å². The lowest BCUT2D eigenvalue weighted by atomic mass is 9.99. The SMILES string of the molecule is CC(C)/C(=C/c1ccc(F)c(C(F)(F)F)c1)CN. The monoisotopic (exact) mass is 261 g/mol. The molecule has 0 saturated carbocycles. The first-order chi connectivity index (χ1) is 8.25. The summed E-state index contributed by atoms with van der Waals surface area (Å²) in [4.78, 5) is 0. The molecule has 18 heavy (non-hydrogen) atoms. The largest absolute Gasteiger partial charge is 0.419 e. The highest BCUT2D eigenvalue weighted by Crippen LogP contribution is 2.32. The van der Waals surface area contributed by atoms with E-state index in [0.717, 1.165) is 17.7 Å².